The van der Waals surface area contributed by atoms with Crippen molar-refractivity contribution < 1.29 is 0 Å². The van der Waals surface area contributed by atoms with Gasteiger partial charge in [0.2, 0.25) is 0 Å². The topological polar surface area (TPSA) is 0 Å². The second kappa shape index (κ2) is 28.5. The van der Waals surface area contributed by atoms with Gasteiger partial charge < -0.3 is 0 Å². The van der Waals surface area contributed by atoms with Crippen molar-refractivity contribution in [2.75, 3.05) is 10.7 Å². The molecule has 24 heavy (non-hydrogen) atoms. The molecule has 0 saturated heterocycles. The maximum absolute atomic E-state index is 3.49. The molecule has 0 bridgehead atoms. The van der Waals surface area contributed by atoms with Gasteiger partial charge in [-0.2, -0.15) is 0 Å². The molecule has 0 spiro atoms. The molecule has 0 rings (SSSR count). The van der Waals surface area contributed by atoms with Crippen LogP contribution in [0.15, 0.2) is 12.2 Å². The minimum Gasteiger partial charge on any atom is -0.0928 e. The van der Waals surface area contributed by atoms with E-state index in [0.29, 0.717) is 0 Å². The third-order valence-electron chi connectivity index (χ3n) is 4.31. The van der Waals surface area contributed by atoms with Crippen molar-refractivity contribution >= 4 is 31.9 Å². The van der Waals surface area contributed by atoms with Crippen LogP contribution >= 0.6 is 31.9 Å². The monoisotopic (exact) mass is 466 g/mol. The molecule has 0 fully saturated rings. The first-order valence-electron chi connectivity index (χ1n) is 10.6. The Morgan fingerprint density at radius 1 is 0.542 bits per heavy atom. The van der Waals surface area contributed by atoms with Crippen LogP contribution in [0.5, 0.6) is 0 Å². The van der Waals surface area contributed by atoms with E-state index < -0.39 is 0 Å². The Balaban J connectivity index is 0. The Morgan fingerprint density at radius 2 is 0.875 bits per heavy atom. The van der Waals surface area contributed by atoms with Crippen LogP contribution in [0.3, 0.4) is 0 Å². The quantitative estimate of drug-likeness (QED) is 0.113. The smallest absolute Gasteiger partial charge is 0.0211 e. The number of hydrogen-bond donors (Lipinski definition) is 0. The molecular formula is C22H44Br2. The summed E-state index contributed by atoms with van der Waals surface area (Å²) >= 11 is 6.71. The second-order valence-electron chi connectivity index (χ2n) is 6.72. The minimum atomic E-state index is 0.976. The summed E-state index contributed by atoms with van der Waals surface area (Å²) in [4.78, 5) is 0. The van der Waals surface area contributed by atoms with Crippen LogP contribution in [0.4, 0.5) is 0 Å². The number of allylic oxidation sites excluding steroid dienone is 2. The summed E-state index contributed by atoms with van der Waals surface area (Å²) in [6.07, 6.45) is 27.3. The molecule has 0 aromatic carbocycles. The average Bonchev–Trinajstić information content (AvgIpc) is 2.60. The third kappa shape index (κ3) is 30.6. The van der Waals surface area contributed by atoms with Crippen LogP contribution in [0.25, 0.3) is 0 Å². The molecule has 0 aliphatic heterocycles. The Bertz CT molecular complexity index is 198. The van der Waals surface area contributed by atoms with Crippen molar-refractivity contribution in [3.05, 3.63) is 12.2 Å². The van der Waals surface area contributed by atoms with Gasteiger partial charge in [-0.15, -0.1) is 0 Å². The van der Waals surface area contributed by atoms with Crippen molar-refractivity contribution in [3.8, 4) is 0 Å². The van der Waals surface area contributed by atoms with Crippen LogP contribution in [-0.2, 0) is 0 Å². The van der Waals surface area contributed by atoms with Crippen molar-refractivity contribution in [2.24, 2.45) is 0 Å². The summed E-state index contributed by atoms with van der Waals surface area (Å²) < 4.78 is 0. The third-order valence-corrected chi connectivity index (χ3v) is 5.25. The molecule has 0 saturated carbocycles. The first-order chi connectivity index (χ1) is 11.8. The molecule has 2 heteroatoms. The Hall–Kier alpha value is 0.700. The van der Waals surface area contributed by atoms with E-state index in [1.807, 2.05) is 19.1 Å². The van der Waals surface area contributed by atoms with Crippen LogP contribution in [0.2, 0.25) is 0 Å². The summed E-state index contributed by atoms with van der Waals surface area (Å²) in [5.41, 5.74) is 0. The summed E-state index contributed by atoms with van der Waals surface area (Å²) in [5, 5.41) is 2.16. The van der Waals surface area contributed by atoms with E-state index in [9.17, 15) is 0 Å². The first kappa shape index (κ1) is 26.9. The predicted octanol–water partition coefficient (Wildman–Crippen LogP) is 9.60. The van der Waals surface area contributed by atoms with Gasteiger partial charge in [-0.1, -0.05) is 147 Å². The normalized spacial score (nSPS) is 10.8. The lowest BCUT2D eigenvalue weighted by Gasteiger charge is -2.03. The van der Waals surface area contributed by atoms with E-state index in [0.717, 1.165) is 5.33 Å². The minimum absolute atomic E-state index is 0.976. The summed E-state index contributed by atoms with van der Waals surface area (Å²) in [7, 11) is 0. The van der Waals surface area contributed by atoms with Crippen molar-refractivity contribution in [1.29, 1.82) is 0 Å². The highest BCUT2D eigenvalue weighted by molar-refractivity contribution is 9.09. The van der Waals surface area contributed by atoms with Gasteiger partial charge in [0.05, 0.1) is 0 Å². The van der Waals surface area contributed by atoms with Crippen molar-refractivity contribution in [1.82, 2.24) is 0 Å². The molecule has 0 unspecified atom stereocenters. The fourth-order valence-electron chi connectivity index (χ4n) is 2.73. The van der Waals surface area contributed by atoms with Crippen molar-refractivity contribution in [2.45, 2.75) is 117 Å². The van der Waals surface area contributed by atoms with E-state index in [1.54, 1.807) is 0 Å². The van der Waals surface area contributed by atoms with Crippen LogP contribution in [0.1, 0.15) is 117 Å². The Labute approximate surface area is 170 Å². The fraction of sp³-hybridized carbons (Fsp3) is 0.909. The molecule has 0 aromatic heterocycles. The Kier molecular flexibility index (Phi) is 32.0. The molecule has 0 radical (unpaired) electrons. The number of alkyl halides is 2. The maximum Gasteiger partial charge on any atom is 0.0211 e. The van der Waals surface area contributed by atoms with Gasteiger partial charge in [0, 0.05) is 10.7 Å². The van der Waals surface area contributed by atoms with Gasteiger partial charge in [-0.05, 0) is 13.3 Å². The number of hydrogen-bond acceptors (Lipinski definition) is 0. The zero-order chi connectivity index (χ0) is 18.1. The number of rotatable bonds is 17. The molecular weight excluding hydrogens is 424 g/mol. The Morgan fingerprint density at radius 3 is 1.08 bits per heavy atom. The average molecular weight is 468 g/mol. The van der Waals surface area contributed by atoms with E-state index in [1.165, 1.54) is 108 Å². The molecule has 0 aliphatic carbocycles. The number of unbranched alkanes of at least 4 members (excludes halogenated alkanes) is 15. The zero-order valence-corrected chi connectivity index (χ0v) is 19.8. The van der Waals surface area contributed by atoms with Crippen LogP contribution < -0.4 is 0 Å². The molecule has 146 valence electrons. The molecule has 0 heterocycles. The molecule has 0 aliphatic rings. The molecule has 0 aromatic rings. The van der Waals surface area contributed by atoms with E-state index in [-0.39, 0.29) is 0 Å². The molecule has 0 N–H and O–H groups in total. The lowest BCUT2D eigenvalue weighted by Crippen LogP contribution is -1.83. The molecule has 0 nitrogen and oxygen atoms in total. The highest BCUT2D eigenvalue weighted by Gasteiger charge is 1.94. The largest absolute Gasteiger partial charge is 0.0928 e. The maximum atomic E-state index is 3.49. The van der Waals surface area contributed by atoms with Crippen molar-refractivity contribution in [3.63, 3.8) is 0 Å². The predicted molar refractivity (Wildman–Crippen MR) is 122 cm³/mol. The number of halogens is 2. The zero-order valence-electron chi connectivity index (χ0n) is 16.6. The highest BCUT2D eigenvalue weighted by Crippen LogP contribution is 2.13. The van der Waals surface area contributed by atoms with E-state index in [4.69, 9.17) is 0 Å². The highest BCUT2D eigenvalue weighted by atomic mass is 79.9. The van der Waals surface area contributed by atoms with Gasteiger partial charge in [-0.3, -0.25) is 0 Å². The standard InChI is InChI=1S/C18H37Br.C4H7Br/c1-2-3-4-5-6-7-8-9-10-11-12-13-14-15-16-17-18-19;1-2-3-4-5/h2-18H2,1H3;2-3H,4H2,1H3/b;3-2+. The van der Waals surface area contributed by atoms with Gasteiger partial charge in [0.1, 0.15) is 0 Å². The lowest BCUT2D eigenvalue weighted by molar-refractivity contribution is 0.532. The summed E-state index contributed by atoms with van der Waals surface area (Å²) in [6, 6.07) is 0. The first-order valence-corrected chi connectivity index (χ1v) is 12.8. The van der Waals surface area contributed by atoms with Gasteiger partial charge >= 0.3 is 0 Å². The second-order valence-corrected chi connectivity index (χ2v) is 8.16. The lowest BCUT2D eigenvalue weighted by atomic mass is 10.0. The van der Waals surface area contributed by atoms with Gasteiger partial charge in [-0.25, -0.2) is 0 Å². The van der Waals surface area contributed by atoms with E-state index in [2.05, 4.69) is 38.8 Å². The van der Waals surface area contributed by atoms with Crippen LogP contribution in [-0.4, -0.2) is 10.7 Å². The van der Waals surface area contributed by atoms with Gasteiger partial charge in [0.15, 0.2) is 0 Å². The molecule has 0 atom stereocenters. The fourth-order valence-corrected chi connectivity index (χ4v) is 3.50. The van der Waals surface area contributed by atoms with E-state index >= 15 is 0 Å². The summed E-state index contributed by atoms with van der Waals surface area (Å²) in [5.74, 6) is 0. The SMILES string of the molecule is C/C=C/CBr.CCCCCCCCCCCCCCCCCCBr. The van der Waals surface area contributed by atoms with Crippen LogP contribution in [0, 0.1) is 0 Å². The van der Waals surface area contributed by atoms with Gasteiger partial charge in [0.25, 0.3) is 0 Å². The molecule has 0 amide bonds. The summed E-state index contributed by atoms with van der Waals surface area (Å²) in [6.45, 7) is 4.29.